The molecule has 0 N–H and O–H groups in total. The zero-order valence-corrected chi connectivity index (χ0v) is 17.0. The molecule has 0 radical (unpaired) electrons. The topological polar surface area (TPSA) is 17.1 Å². The molecule has 1 aliphatic rings. The molecule has 0 spiro atoms. The first kappa shape index (κ1) is 19.1. The summed E-state index contributed by atoms with van der Waals surface area (Å²) in [5, 5.41) is 0. The summed E-state index contributed by atoms with van der Waals surface area (Å²) in [5.41, 5.74) is 5.10. The Morgan fingerprint density at radius 1 is 0.862 bits per heavy atom. The maximum absolute atomic E-state index is 13.3. The lowest BCUT2D eigenvalue weighted by Gasteiger charge is -2.40. The van der Waals surface area contributed by atoms with Gasteiger partial charge in [-0.2, -0.15) is 0 Å². The minimum Gasteiger partial charge on any atom is -0.289 e. The Morgan fingerprint density at radius 2 is 1.48 bits per heavy atom. The van der Waals surface area contributed by atoms with Gasteiger partial charge in [0.25, 0.3) is 0 Å². The maximum atomic E-state index is 13.3. The summed E-state index contributed by atoms with van der Waals surface area (Å²) in [6, 6.07) is 28.3. The third-order valence-electron chi connectivity index (χ3n) is 6.30. The lowest BCUT2D eigenvalue weighted by Crippen LogP contribution is -2.36. The molecule has 0 amide bonds. The van der Waals surface area contributed by atoms with Crippen LogP contribution in [0.1, 0.15) is 40.9 Å². The highest BCUT2D eigenvalue weighted by Crippen LogP contribution is 2.43. The second kappa shape index (κ2) is 8.05. The average Bonchev–Trinajstić information content (AvgIpc) is 2.78. The van der Waals surface area contributed by atoms with Crippen LogP contribution in [0.2, 0.25) is 0 Å². The fraction of sp³-hybridized carbons (Fsp3) is 0.179. The number of allylic oxidation sites excluding steroid dienone is 4. The van der Waals surface area contributed by atoms with Gasteiger partial charge in [0.15, 0.2) is 5.78 Å². The molecule has 0 bridgehead atoms. The molecule has 1 heteroatoms. The third-order valence-corrected chi connectivity index (χ3v) is 6.30. The first-order valence-electron chi connectivity index (χ1n) is 10.2. The first-order chi connectivity index (χ1) is 14.1. The number of hydrogen-bond donors (Lipinski definition) is 0. The quantitative estimate of drug-likeness (QED) is 0.460. The number of hydrogen-bond acceptors (Lipinski definition) is 1. The van der Waals surface area contributed by atoms with Gasteiger partial charge >= 0.3 is 0 Å². The normalized spacial score (nSPS) is 20.9. The van der Waals surface area contributed by atoms with Crippen LogP contribution in [-0.4, -0.2) is 5.78 Å². The zero-order valence-electron chi connectivity index (χ0n) is 17.0. The van der Waals surface area contributed by atoms with Gasteiger partial charge in [-0.1, -0.05) is 116 Å². The molecule has 0 heterocycles. The molecule has 0 fully saturated rings. The van der Waals surface area contributed by atoms with E-state index < -0.39 is 0 Å². The molecule has 0 saturated heterocycles. The summed E-state index contributed by atoms with van der Waals surface area (Å²) in [7, 11) is 0. The molecule has 3 aromatic rings. The molecule has 3 aromatic carbocycles. The average molecular weight is 379 g/mol. The SMILES string of the molecule is CC1=CC=CC(Cc2ccccc2C(=O)c2ccccc2)(c2ccccc2)C1C. The van der Waals surface area contributed by atoms with Crippen LogP contribution in [0.15, 0.2) is 109 Å². The molecule has 2 unspecified atom stereocenters. The molecular formula is C28H26O. The number of carbonyl (C=O) groups excluding carboxylic acids is 1. The van der Waals surface area contributed by atoms with Gasteiger partial charge in [0.1, 0.15) is 0 Å². The smallest absolute Gasteiger partial charge is 0.193 e. The number of ketones is 1. The van der Waals surface area contributed by atoms with E-state index >= 15 is 0 Å². The zero-order chi connectivity index (χ0) is 20.3. The van der Waals surface area contributed by atoms with E-state index in [-0.39, 0.29) is 11.2 Å². The predicted molar refractivity (Wildman–Crippen MR) is 120 cm³/mol. The van der Waals surface area contributed by atoms with E-state index in [2.05, 4.69) is 68.5 Å². The van der Waals surface area contributed by atoms with Crippen LogP contribution in [0, 0.1) is 5.92 Å². The second-order valence-corrected chi connectivity index (χ2v) is 7.93. The summed E-state index contributed by atoms with van der Waals surface area (Å²) in [6.07, 6.45) is 7.48. The Bertz CT molecular complexity index is 1060. The third kappa shape index (κ3) is 3.61. The van der Waals surface area contributed by atoms with Crippen LogP contribution >= 0.6 is 0 Å². The van der Waals surface area contributed by atoms with E-state index in [9.17, 15) is 4.79 Å². The van der Waals surface area contributed by atoms with Gasteiger partial charge in [-0.15, -0.1) is 0 Å². The van der Waals surface area contributed by atoms with Crippen molar-refractivity contribution < 1.29 is 4.79 Å². The van der Waals surface area contributed by atoms with Crippen molar-refractivity contribution in [1.29, 1.82) is 0 Å². The standard InChI is InChI=1S/C28H26O/c1-21-12-11-19-28(22(21)2,25-16-7-4-8-17-25)20-24-15-9-10-18-26(24)27(29)23-13-5-3-6-14-23/h3-19,22H,20H2,1-2H3. The first-order valence-corrected chi connectivity index (χ1v) is 10.2. The summed E-state index contributed by atoms with van der Waals surface area (Å²) in [6.45, 7) is 4.50. The van der Waals surface area contributed by atoms with Gasteiger partial charge in [0, 0.05) is 16.5 Å². The molecule has 144 valence electrons. The number of rotatable bonds is 5. The van der Waals surface area contributed by atoms with Gasteiger partial charge in [-0.05, 0) is 30.4 Å². The summed E-state index contributed by atoms with van der Waals surface area (Å²) < 4.78 is 0. The highest BCUT2D eigenvalue weighted by atomic mass is 16.1. The van der Waals surface area contributed by atoms with Crippen LogP contribution in [0.4, 0.5) is 0 Å². The lowest BCUT2D eigenvalue weighted by molar-refractivity contribution is 0.103. The Hall–Kier alpha value is -3.19. The van der Waals surface area contributed by atoms with Crippen molar-refractivity contribution in [2.75, 3.05) is 0 Å². The monoisotopic (exact) mass is 378 g/mol. The molecule has 0 aromatic heterocycles. The molecule has 1 nitrogen and oxygen atoms in total. The number of benzene rings is 3. The summed E-state index contributed by atoms with van der Waals surface area (Å²) in [4.78, 5) is 13.3. The van der Waals surface area contributed by atoms with E-state index in [0.717, 1.165) is 23.1 Å². The predicted octanol–water partition coefficient (Wildman–Crippen LogP) is 6.55. The summed E-state index contributed by atoms with van der Waals surface area (Å²) in [5.74, 6) is 0.430. The van der Waals surface area contributed by atoms with Crippen molar-refractivity contribution >= 4 is 5.78 Å². The Balaban J connectivity index is 1.80. The van der Waals surface area contributed by atoms with Crippen molar-refractivity contribution in [3.8, 4) is 0 Å². The lowest BCUT2D eigenvalue weighted by atomic mass is 9.63. The van der Waals surface area contributed by atoms with Gasteiger partial charge in [0.2, 0.25) is 0 Å². The minimum atomic E-state index is -0.173. The fourth-order valence-corrected chi connectivity index (χ4v) is 4.43. The van der Waals surface area contributed by atoms with Crippen molar-refractivity contribution in [3.63, 3.8) is 0 Å². The Labute approximate surface area is 173 Å². The molecular weight excluding hydrogens is 352 g/mol. The highest BCUT2D eigenvalue weighted by Gasteiger charge is 2.38. The van der Waals surface area contributed by atoms with E-state index in [0.29, 0.717) is 5.92 Å². The van der Waals surface area contributed by atoms with Crippen molar-refractivity contribution in [2.45, 2.75) is 25.7 Å². The van der Waals surface area contributed by atoms with E-state index in [1.807, 2.05) is 48.5 Å². The molecule has 0 saturated carbocycles. The Kier molecular flexibility index (Phi) is 5.31. The second-order valence-electron chi connectivity index (χ2n) is 7.93. The largest absolute Gasteiger partial charge is 0.289 e. The maximum Gasteiger partial charge on any atom is 0.193 e. The molecule has 2 atom stereocenters. The molecule has 0 aliphatic heterocycles. The molecule has 1 aliphatic carbocycles. The minimum absolute atomic E-state index is 0.0871. The fourth-order valence-electron chi connectivity index (χ4n) is 4.43. The van der Waals surface area contributed by atoms with E-state index in [1.165, 1.54) is 11.1 Å². The van der Waals surface area contributed by atoms with Gasteiger partial charge in [-0.3, -0.25) is 4.79 Å². The van der Waals surface area contributed by atoms with Crippen molar-refractivity contribution in [3.05, 3.63) is 131 Å². The van der Waals surface area contributed by atoms with Crippen molar-refractivity contribution in [2.24, 2.45) is 5.92 Å². The highest BCUT2D eigenvalue weighted by molar-refractivity contribution is 6.09. The van der Waals surface area contributed by atoms with Crippen LogP contribution in [0.25, 0.3) is 0 Å². The number of carbonyl (C=O) groups is 1. The van der Waals surface area contributed by atoms with Crippen molar-refractivity contribution in [1.82, 2.24) is 0 Å². The van der Waals surface area contributed by atoms with Crippen LogP contribution in [-0.2, 0) is 11.8 Å². The van der Waals surface area contributed by atoms with Gasteiger partial charge < -0.3 is 0 Å². The molecule has 4 rings (SSSR count). The summed E-state index contributed by atoms with van der Waals surface area (Å²) >= 11 is 0. The molecule has 29 heavy (non-hydrogen) atoms. The van der Waals surface area contributed by atoms with Crippen LogP contribution < -0.4 is 0 Å². The Morgan fingerprint density at radius 3 is 2.21 bits per heavy atom. The van der Waals surface area contributed by atoms with Gasteiger partial charge in [-0.25, -0.2) is 0 Å². The van der Waals surface area contributed by atoms with E-state index in [4.69, 9.17) is 0 Å². The van der Waals surface area contributed by atoms with Gasteiger partial charge in [0.05, 0.1) is 0 Å². The van der Waals surface area contributed by atoms with Crippen LogP contribution in [0.3, 0.4) is 0 Å². The van der Waals surface area contributed by atoms with E-state index in [1.54, 1.807) is 0 Å². The van der Waals surface area contributed by atoms with Crippen LogP contribution in [0.5, 0.6) is 0 Å².